The van der Waals surface area contributed by atoms with Crippen LogP contribution in [-0.4, -0.2) is 36.0 Å². The second-order valence-electron chi connectivity index (χ2n) is 8.13. The van der Waals surface area contributed by atoms with Gasteiger partial charge in [0.1, 0.15) is 11.5 Å². The summed E-state index contributed by atoms with van der Waals surface area (Å²) in [5.74, 6) is -0.296. The molecule has 1 aromatic rings. The van der Waals surface area contributed by atoms with Crippen molar-refractivity contribution < 1.29 is 29.0 Å². The highest BCUT2D eigenvalue weighted by atomic mass is 16.5. The molecular formula is C25H34O6. The average Bonchev–Trinajstić information content (AvgIpc) is 2.79. The molecule has 6 heteroatoms. The van der Waals surface area contributed by atoms with E-state index in [1.54, 1.807) is 0 Å². The monoisotopic (exact) mass is 430 g/mol. The third kappa shape index (κ3) is 9.37. The maximum Gasteiger partial charge on any atom is 0.330 e. The zero-order valence-electron chi connectivity index (χ0n) is 18.2. The van der Waals surface area contributed by atoms with E-state index in [2.05, 4.69) is 6.58 Å². The van der Waals surface area contributed by atoms with Crippen molar-refractivity contribution in [3.05, 3.63) is 42.5 Å². The van der Waals surface area contributed by atoms with E-state index in [4.69, 9.17) is 14.6 Å². The SMILES string of the molecule is C=CC(=O)OCCCCCCOc1ccc(CCC(=O)C2CCC(C(=O)O)CC2)cc1. The van der Waals surface area contributed by atoms with E-state index in [0.717, 1.165) is 37.0 Å². The quantitative estimate of drug-likeness (QED) is 0.260. The second kappa shape index (κ2) is 13.6. The summed E-state index contributed by atoms with van der Waals surface area (Å²) < 4.78 is 10.7. The number of ketones is 1. The first-order valence-electron chi connectivity index (χ1n) is 11.3. The van der Waals surface area contributed by atoms with Gasteiger partial charge >= 0.3 is 11.9 Å². The maximum absolute atomic E-state index is 12.4. The number of aryl methyl sites for hydroxylation is 1. The van der Waals surface area contributed by atoms with Crippen molar-refractivity contribution in [3.8, 4) is 5.75 Å². The van der Waals surface area contributed by atoms with Gasteiger partial charge in [-0.2, -0.15) is 0 Å². The van der Waals surface area contributed by atoms with Gasteiger partial charge in [-0.05, 0) is 75.5 Å². The van der Waals surface area contributed by atoms with Gasteiger partial charge in [0.25, 0.3) is 0 Å². The van der Waals surface area contributed by atoms with Gasteiger partial charge in [-0.15, -0.1) is 0 Å². The first kappa shape index (κ1) is 24.6. The van der Waals surface area contributed by atoms with E-state index < -0.39 is 5.97 Å². The van der Waals surface area contributed by atoms with Gasteiger partial charge in [-0.3, -0.25) is 9.59 Å². The maximum atomic E-state index is 12.4. The Balaban J connectivity index is 1.56. The highest BCUT2D eigenvalue weighted by Crippen LogP contribution is 2.30. The Bertz CT molecular complexity index is 716. The number of benzene rings is 1. The molecule has 1 aliphatic rings. The Kier molecular flexibility index (Phi) is 10.8. The lowest BCUT2D eigenvalue weighted by Gasteiger charge is -2.25. The van der Waals surface area contributed by atoms with Crippen molar-refractivity contribution in [1.29, 1.82) is 0 Å². The van der Waals surface area contributed by atoms with Crippen LogP contribution in [-0.2, 0) is 25.5 Å². The largest absolute Gasteiger partial charge is 0.494 e. The first-order chi connectivity index (χ1) is 15.0. The fourth-order valence-electron chi connectivity index (χ4n) is 3.87. The number of aliphatic carboxylic acids is 1. The molecule has 0 heterocycles. The number of carboxylic acids is 1. The zero-order valence-corrected chi connectivity index (χ0v) is 18.2. The molecular weight excluding hydrogens is 396 g/mol. The van der Waals surface area contributed by atoms with E-state index in [1.807, 2.05) is 24.3 Å². The van der Waals surface area contributed by atoms with E-state index in [9.17, 15) is 14.4 Å². The van der Waals surface area contributed by atoms with Crippen LogP contribution < -0.4 is 4.74 Å². The van der Waals surface area contributed by atoms with Crippen molar-refractivity contribution in [3.63, 3.8) is 0 Å². The number of esters is 1. The van der Waals surface area contributed by atoms with E-state index >= 15 is 0 Å². The molecule has 0 spiro atoms. The molecule has 1 saturated carbocycles. The molecule has 170 valence electrons. The highest BCUT2D eigenvalue weighted by Gasteiger charge is 2.29. The van der Waals surface area contributed by atoms with Gasteiger partial charge in [0.2, 0.25) is 0 Å². The molecule has 0 amide bonds. The van der Waals surface area contributed by atoms with Crippen LogP contribution in [0, 0.1) is 11.8 Å². The van der Waals surface area contributed by atoms with Crippen LogP contribution in [0.3, 0.4) is 0 Å². The van der Waals surface area contributed by atoms with Crippen LogP contribution in [0.2, 0.25) is 0 Å². The van der Waals surface area contributed by atoms with Gasteiger partial charge in [0.15, 0.2) is 0 Å². The number of carboxylic acid groups (broad SMARTS) is 1. The lowest BCUT2D eigenvalue weighted by atomic mass is 9.79. The summed E-state index contributed by atoms with van der Waals surface area (Å²) in [6.07, 6.45) is 8.78. The molecule has 0 unspecified atom stereocenters. The summed E-state index contributed by atoms with van der Waals surface area (Å²) in [5.41, 5.74) is 1.11. The van der Waals surface area contributed by atoms with Crippen molar-refractivity contribution in [2.24, 2.45) is 11.8 Å². The summed E-state index contributed by atoms with van der Waals surface area (Å²) in [6, 6.07) is 7.87. The standard InChI is InChI=1S/C25H34O6/c1-2-24(27)31-18-6-4-3-5-17-30-22-14-7-19(8-15-22)9-16-23(26)20-10-12-21(13-11-20)25(28)29/h2,7-8,14-15,20-21H,1,3-6,9-13,16-18H2,(H,28,29). The molecule has 1 aliphatic carbocycles. The lowest BCUT2D eigenvalue weighted by molar-refractivity contribution is -0.144. The van der Waals surface area contributed by atoms with Crippen molar-refractivity contribution in [2.75, 3.05) is 13.2 Å². The van der Waals surface area contributed by atoms with E-state index in [0.29, 0.717) is 51.7 Å². The van der Waals surface area contributed by atoms with Gasteiger partial charge < -0.3 is 14.6 Å². The Labute approximate surface area is 184 Å². The summed E-state index contributed by atoms with van der Waals surface area (Å²) in [5, 5.41) is 9.06. The van der Waals surface area contributed by atoms with Crippen LogP contribution >= 0.6 is 0 Å². The molecule has 0 saturated heterocycles. The van der Waals surface area contributed by atoms with Crippen molar-refractivity contribution >= 4 is 17.7 Å². The number of Topliss-reactive ketones (excluding diaryl/α,β-unsaturated/α-hetero) is 1. The number of ether oxygens (including phenoxy) is 2. The van der Waals surface area contributed by atoms with Crippen molar-refractivity contribution in [1.82, 2.24) is 0 Å². The Morgan fingerprint density at radius 1 is 0.935 bits per heavy atom. The fourth-order valence-corrected chi connectivity index (χ4v) is 3.87. The number of hydrogen-bond acceptors (Lipinski definition) is 5. The molecule has 1 N–H and O–H groups in total. The Morgan fingerprint density at radius 2 is 1.55 bits per heavy atom. The Morgan fingerprint density at radius 3 is 2.16 bits per heavy atom. The van der Waals surface area contributed by atoms with Crippen LogP contribution in [0.4, 0.5) is 0 Å². The Hall–Kier alpha value is -2.63. The summed E-state index contributed by atoms with van der Waals surface area (Å²) in [4.78, 5) is 34.4. The molecule has 6 nitrogen and oxygen atoms in total. The summed E-state index contributed by atoms with van der Waals surface area (Å²) >= 11 is 0. The van der Waals surface area contributed by atoms with Crippen LogP contribution in [0.1, 0.15) is 63.4 Å². The smallest absolute Gasteiger partial charge is 0.330 e. The molecule has 0 atom stereocenters. The summed E-state index contributed by atoms with van der Waals surface area (Å²) in [7, 11) is 0. The first-order valence-corrected chi connectivity index (χ1v) is 11.3. The van der Waals surface area contributed by atoms with Crippen LogP contribution in [0.15, 0.2) is 36.9 Å². The number of unbranched alkanes of at least 4 members (excludes halogenated alkanes) is 3. The topological polar surface area (TPSA) is 89.9 Å². The lowest BCUT2D eigenvalue weighted by Crippen LogP contribution is -2.26. The second-order valence-corrected chi connectivity index (χ2v) is 8.13. The number of rotatable bonds is 14. The highest BCUT2D eigenvalue weighted by molar-refractivity contribution is 5.82. The predicted octanol–water partition coefficient (Wildman–Crippen LogP) is 4.75. The molecule has 0 aliphatic heterocycles. The summed E-state index contributed by atoms with van der Waals surface area (Å²) in [6.45, 7) is 4.43. The zero-order chi connectivity index (χ0) is 22.5. The third-order valence-corrected chi connectivity index (χ3v) is 5.83. The minimum atomic E-state index is -0.736. The van der Waals surface area contributed by atoms with Gasteiger partial charge in [0.05, 0.1) is 19.1 Å². The third-order valence-electron chi connectivity index (χ3n) is 5.83. The molecule has 1 fully saturated rings. The average molecular weight is 431 g/mol. The minimum absolute atomic E-state index is 0.0206. The van der Waals surface area contributed by atoms with E-state index in [1.165, 1.54) is 6.08 Å². The normalized spacial score (nSPS) is 18.2. The molecule has 31 heavy (non-hydrogen) atoms. The minimum Gasteiger partial charge on any atom is -0.494 e. The molecule has 0 radical (unpaired) electrons. The number of carbonyl (C=O) groups is 3. The van der Waals surface area contributed by atoms with Crippen LogP contribution in [0.5, 0.6) is 5.75 Å². The van der Waals surface area contributed by atoms with Gasteiger partial charge in [-0.25, -0.2) is 4.79 Å². The molecule has 0 bridgehead atoms. The predicted molar refractivity (Wildman–Crippen MR) is 118 cm³/mol. The van der Waals surface area contributed by atoms with Crippen molar-refractivity contribution in [2.45, 2.75) is 64.2 Å². The van der Waals surface area contributed by atoms with Crippen LogP contribution in [0.25, 0.3) is 0 Å². The fraction of sp³-hybridized carbons (Fsp3) is 0.560. The van der Waals surface area contributed by atoms with Gasteiger partial charge in [0, 0.05) is 18.4 Å². The number of carbonyl (C=O) groups excluding carboxylic acids is 2. The van der Waals surface area contributed by atoms with Gasteiger partial charge in [-0.1, -0.05) is 18.7 Å². The molecule has 1 aromatic carbocycles. The molecule has 2 rings (SSSR count). The molecule has 0 aromatic heterocycles. The van der Waals surface area contributed by atoms with E-state index in [-0.39, 0.29) is 23.6 Å². The number of hydrogen-bond donors (Lipinski definition) is 1.